The van der Waals surface area contributed by atoms with Crippen LogP contribution in [0.25, 0.3) is 0 Å². The van der Waals surface area contributed by atoms with Crippen LogP contribution in [-0.4, -0.2) is 38.5 Å². The molecule has 6 heteroatoms. The number of quaternary nitrogens is 1. The van der Waals surface area contributed by atoms with Crippen LogP contribution < -0.4 is 15.5 Å². The third kappa shape index (κ3) is 5.69. The minimum absolute atomic E-state index is 0.0658. The van der Waals surface area contributed by atoms with Crippen molar-refractivity contribution in [1.82, 2.24) is 10.6 Å². The molecule has 0 fully saturated rings. The lowest BCUT2D eigenvalue weighted by Crippen LogP contribution is -3.12. The number of nitrogens with one attached hydrogen (secondary N) is 3. The summed E-state index contributed by atoms with van der Waals surface area (Å²) in [6, 6.07) is 11.5. The van der Waals surface area contributed by atoms with Gasteiger partial charge in [0.2, 0.25) is 0 Å². The first-order valence-corrected chi connectivity index (χ1v) is 9.32. The Morgan fingerprint density at radius 2 is 1.92 bits per heavy atom. The van der Waals surface area contributed by atoms with Gasteiger partial charge in [-0.3, -0.25) is 9.59 Å². The topological polar surface area (TPSA) is 62.6 Å². The van der Waals surface area contributed by atoms with Gasteiger partial charge < -0.3 is 15.5 Å². The molecular weight excluding hydrogens is 334 g/mol. The fourth-order valence-electron chi connectivity index (χ4n) is 2.53. The molecule has 0 aliphatic rings. The van der Waals surface area contributed by atoms with Crippen molar-refractivity contribution in [2.45, 2.75) is 25.9 Å². The van der Waals surface area contributed by atoms with E-state index in [9.17, 15) is 9.59 Å². The summed E-state index contributed by atoms with van der Waals surface area (Å²) in [6.45, 7) is 3.33. The van der Waals surface area contributed by atoms with E-state index in [1.54, 1.807) is 18.4 Å². The number of thiophene rings is 1. The number of rotatable bonds is 8. The molecule has 2 rings (SSSR count). The number of carbonyl (C=O) groups excluding carboxylic acids is 2. The van der Waals surface area contributed by atoms with Gasteiger partial charge in [-0.05, 0) is 36.9 Å². The van der Waals surface area contributed by atoms with Crippen molar-refractivity contribution >= 4 is 23.2 Å². The largest absolute Gasteiger partial charge is 0.355 e. The first-order chi connectivity index (χ1) is 12.0. The summed E-state index contributed by atoms with van der Waals surface area (Å²) in [6.07, 6.45) is 0.871. The lowest BCUT2D eigenvalue weighted by molar-refractivity contribution is -0.908. The molecule has 0 radical (unpaired) electrons. The number of amides is 2. The molecule has 0 aliphatic carbocycles. The minimum atomic E-state index is -0.137. The Morgan fingerprint density at radius 3 is 2.52 bits per heavy atom. The number of carbonyl (C=O) groups is 2. The van der Waals surface area contributed by atoms with Gasteiger partial charge in [-0.25, -0.2) is 0 Å². The highest BCUT2D eigenvalue weighted by Crippen LogP contribution is 2.08. The molecule has 1 aromatic heterocycles. The Labute approximate surface area is 153 Å². The third-order valence-electron chi connectivity index (χ3n) is 4.31. The van der Waals surface area contributed by atoms with Gasteiger partial charge in [-0.1, -0.05) is 18.2 Å². The van der Waals surface area contributed by atoms with Crippen LogP contribution in [0.1, 0.15) is 27.7 Å². The van der Waals surface area contributed by atoms with E-state index in [0.29, 0.717) is 12.1 Å². The Morgan fingerprint density at radius 1 is 1.20 bits per heavy atom. The average Bonchev–Trinajstić information content (AvgIpc) is 3.14. The molecule has 3 N–H and O–H groups in total. The zero-order chi connectivity index (χ0) is 18.2. The van der Waals surface area contributed by atoms with Gasteiger partial charge in [0.05, 0.1) is 7.05 Å². The smallest absolute Gasteiger partial charge is 0.278 e. The number of benzene rings is 1. The van der Waals surface area contributed by atoms with Crippen molar-refractivity contribution < 1.29 is 14.5 Å². The van der Waals surface area contributed by atoms with E-state index >= 15 is 0 Å². The van der Waals surface area contributed by atoms with Crippen molar-refractivity contribution in [3.05, 3.63) is 57.8 Å². The van der Waals surface area contributed by atoms with Crippen molar-refractivity contribution in [1.29, 1.82) is 0 Å². The first kappa shape index (κ1) is 19.1. The van der Waals surface area contributed by atoms with Crippen LogP contribution in [0.2, 0.25) is 0 Å². The molecule has 2 atom stereocenters. The quantitative estimate of drug-likeness (QED) is 0.654. The van der Waals surface area contributed by atoms with E-state index < -0.39 is 0 Å². The van der Waals surface area contributed by atoms with Crippen molar-refractivity contribution in [3.8, 4) is 0 Å². The number of hydrogen-bond acceptors (Lipinski definition) is 3. The molecule has 25 heavy (non-hydrogen) atoms. The lowest BCUT2D eigenvalue weighted by Gasteiger charge is -2.21. The maximum atomic E-state index is 12.3. The fraction of sp³-hybridized carbons (Fsp3) is 0.368. The predicted molar refractivity (Wildman–Crippen MR) is 101 cm³/mol. The zero-order valence-electron chi connectivity index (χ0n) is 15.0. The van der Waals surface area contributed by atoms with Gasteiger partial charge in [-0.2, -0.15) is 0 Å². The second-order valence-corrected chi connectivity index (χ2v) is 7.17. The molecule has 0 bridgehead atoms. The molecule has 0 aliphatic heterocycles. The Hall–Kier alpha value is -2.18. The highest BCUT2D eigenvalue weighted by atomic mass is 32.1. The predicted octanol–water partition coefficient (Wildman–Crippen LogP) is 0.870. The Balaban J connectivity index is 1.81. The van der Waals surface area contributed by atoms with Crippen LogP contribution in [-0.2, 0) is 17.8 Å². The second-order valence-electron chi connectivity index (χ2n) is 6.14. The lowest BCUT2D eigenvalue weighted by atomic mass is 10.1. The van der Waals surface area contributed by atoms with Crippen LogP contribution in [0.3, 0.4) is 0 Å². The summed E-state index contributed by atoms with van der Waals surface area (Å²) in [5.74, 6) is -0.0261. The minimum Gasteiger partial charge on any atom is -0.355 e. The third-order valence-corrected chi connectivity index (χ3v) is 5.25. The monoisotopic (exact) mass is 360 g/mol. The van der Waals surface area contributed by atoms with E-state index in [-0.39, 0.29) is 17.9 Å². The van der Waals surface area contributed by atoms with E-state index in [0.717, 1.165) is 23.4 Å². The average molecular weight is 361 g/mol. The van der Waals surface area contributed by atoms with Gasteiger partial charge in [0, 0.05) is 29.6 Å². The van der Waals surface area contributed by atoms with Crippen LogP contribution in [0.4, 0.5) is 0 Å². The zero-order valence-corrected chi connectivity index (χ0v) is 15.8. The molecule has 0 saturated heterocycles. The molecule has 1 heterocycles. The van der Waals surface area contributed by atoms with Crippen LogP contribution in [0.5, 0.6) is 0 Å². The Kier molecular flexibility index (Phi) is 7.16. The molecule has 0 spiro atoms. The fourth-order valence-corrected chi connectivity index (χ4v) is 3.24. The van der Waals surface area contributed by atoms with Crippen LogP contribution in [0, 0.1) is 0 Å². The molecule has 134 valence electrons. The van der Waals surface area contributed by atoms with Gasteiger partial charge in [0.1, 0.15) is 6.54 Å². The highest BCUT2D eigenvalue weighted by molar-refractivity contribution is 7.09. The van der Waals surface area contributed by atoms with E-state index in [2.05, 4.69) is 16.7 Å². The van der Waals surface area contributed by atoms with E-state index in [1.807, 2.05) is 49.7 Å². The van der Waals surface area contributed by atoms with Crippen LogP contribution >= 0.6 is 11.3 Å². The molecule has 0 saturated carbocycles. The second kappa shape index (κ2) is 9.34. The molecular formula is C19H26N3O2S+. The standard InChI is InChI=1S/C19H25N3O2S/c1-14(18(23)21-11-10-17-5-4-12-25-17)22(3)13-15-6-8-16(9-7-15)19(24)20-2/h4-9,12,14H,10-11,13H2,1-3H3,(H,20,24)(H,21,23)/p+1/t14-/m0/s1. The first-order valence-electron chi connectivity index (χ1n) is 8.44. The number of likely N-dealkylation sites (N-methyl/N-ethyl adjacent to an activating group) is 1. The summed E-state index contributed by atoms with van der Waals surface area (Å²) in [5.41, 5.74) is 1.74. The molecule has 2 aromatic rings. The van der Waals surface area contributed by atoms with Crippen LogP contribution in [0.15, 0.2) is 41.8 Å². The van der Waals surface area contributed by atoms with Gasteiger partial charge >= 0.3 is 0 Å². The van der Waals surface area contributed by atoms with E-state index in [1.165, 1.54) is 4.88 Å². The summed E-state index contributed by atoms with van der Waals surface area (Å²) >= 11 is 1.71. The maximum absolute atomic E-state index is 12.3. The summed E-state index contributed by atoms with van der Waals surface area (Å²) < 4.78 is 0. The maximum Gasteiger partial charge on any atom is 0.278 e. The van der Waals surface area contributed by atoms with Gasteiger partial charge in [0.25, 0.3) is 11.8 Å². The van der Waals surface area contributed by atoms with E-state index in [4.69, 9.17) is 0 Å². The summed E-state index contributed by atoms with van der Waals surface area (Å²) in [7, 11) is 3.63. The Bertz CT molecular complexity index is 683. The molecule has 2 amide bonds. The van der Waals surface area contributed by atoms with Crippen molar-refractivity contribution in [2.75, 3.05) is 20.6 Å². The van der Waals surface area contributed by atoms with Crippen molar-refractivity contribution in [2.24, 2.45) is 0 Å². The highest BCUT2D eigenvalue weighted by Gasteiger charge is 2.21. The summed E-state index contributed by atoms with van der Waals surface area (Å²) in [5, 5.41) is 7.67. The normalized spacial score (nSPS) is 13.1. The summed E-state index contributed by atoms with van der Waals surface area (Å²) in [4.78, 5) is 26.3. The van der Waals surface area contributed by atoms with Gasteiger partial charge in [0.15, 0.2) is 6.04 Å². The molecule has 1 aromatic carbocycles. The van der Waals surface area contributed by atoms with Crippen molar-refractivity contribution in [3.63, 3.8) is 0 Å². The molecule has 1 unspecified atom stereocenters. The SMILES string of the molecule is CNC(=O)c1ccc(C[NH+](C)[C@@H](C)C(=O)NCCc2cccs2)cc1. The number of hydrogen-bond donors (Lipinski definition) is 3. The van der Waals surface area contributed by atoms with Gasteiger partial charge in [-0.15, -0.1) is 11.3 Å². The molecule has 5 nitrogen and oxygen atoms in total.